The average Bonchev–Trinajstić information content (AvgIpc) is 3.17. The molecule has 27 heavy (non-hydrogen) atoms. The minimum Gasteiger partial charge on any atom is -0.363 e. The number of aromatic nitrogens is 6. The second-order valence-electron chi connectivity index (χ2n) is 5.26. The van der Waals surface area contributed by atoms with Crippen LogP contribution in [0.5, 0.6) is 0 Å². The lowest BCUT2D eigenvalue weighted by Crippen LogP contribution is -2.16. The number of carbonyl (C=O) groups is 1. The van der Waals surface area contributed by atoms with Crippen LogP contribution in [0.2, 0.25) is 5.02 Å². The highest BCUT2D eigenvalue weighted by molar-refractivity contribution is 7.97. The van der Waals surface area contributed by atoms with E-state index in [1.807, 2.05) is 12.1 Å². The summed E-state index contributed by atoms with van der Waals surface area (Å²) in [5, 5.41) is 11.9. The molecule has 3 heterocycles. The summed E-state index contributed by atoms with van der Waals surface area (Å²) in [4.78, 5) is 24.5. The van der Waals surface area contributed by atoms with Crippen molar-refractivity contribution in [2.45, 2.75) is 4.90 Å². The summed E-state index contributed by atoms with van der Waals surface area (Å²) in [7, 11) is 0. The number of anilines is 2. The van der Waals surface area contributed by atoms with Crippen LogP contribution < -0.4 is 11.1 Å². The Morgan fingerprint density at radius 1 is 1.33 bits per heavy atom. The number of benzene rings is 1. The summed E-state index contributed by atoms with van der Waals surface area (Å²) < 4.78 is 1.59. The highest BCUT2D eigenvalue weighted by atomic mass is 35.5. The van der Waals surface area contributed by atoms with Gasteiger partial charge < -0.3 is 11.1 Å². The molecule has 4 aromatic rings. The number of hydrogen-bond acceptors (Lipinski definition) is 8. The zero-order valence-corrected chi connectivity index (χ0v) is 15.1. The fourth-order valence-electron chi connectivity index (χ4n) is 2.27. The van der Waals surface area contributed by atoms with E-state index in [0.29, 0.717) is 27.4 Å². The first kappa shape index (κ1) is 17.2. The summed E-state index contributed by atoms with van der Waals surface area (Å²) in [6.07, 6.45) is 7.51. The van der Waals surface area contributed by atoms with Gasteiger partial charge in [-0.25, -0.2) is 9.97 Å². The fourth-order valence-corrected chi connectivity index (χ4v) is 3.22. The first-order valence-electron chi connectivity index (χ1n) is 7.55. The number of halogens is 1. The Labute approximate surface area is 162 Å². The Kier molecular flexibility index (Phi) is 4.57. The molecule has 0 atom stereocenters. The summed E-state index contributed by atoms with van der Waals surface area (Å²) in [5.74, 6) is -0.437. The third kappa shape index (κ3) is 3.66. The lowest BCUT2D eigenvalue weighted by molar-refractivity contribution is 0.0991. The van der Waals surface area contributed by atoms with E-state index >= 15 is 0 Å². The lowest BCUT2D eigenvalue weighted by Gasteiger charge is -2.11. The van der Waals surface area contributed by atoms with E-state index in [0.717, 1.165) is 4.90 Å². The van der Waals surface area contributed by atoms with Crippen molar-refractivity contribution in [1.29, 1.82) is 0 Å². The molecule has 133 valence electrons. The third-order valence-corrected chi connectivity index (χ3v) is 4.81. The van der Waals surface area contributed by atoms with Crippen LogP contribution in [0, 0.1) is 6.20 Å². The van der Waals surface area contributed by atoms with E-state index in [-0.39, 0.29) is 5.82 Å². The molecule has 0 aliphatic heterocycles. The molecule has 0 unspecified atom stereocenters. The molecule has 9 nitrogen and oxygen atoms in total. The molecule has 0 spiro atoms. The molecule has 0 bridgehead atoms. The molecule has 1 aromatic carbocycles. The van der Waals surface area contributed by atoms with Gasteiger partial charge in [0, 0.05) is 27.9 Å². The zero-order valence-electron chi connectivity index (χ0n) is 13.5. The number of pyridine rings is 1. The van der Waals surface area contributed by atoms with Gasteiger partial charge in [-0.3, -0.25) is 9.78 Å². The number of fused-ring (bicyclic) bond motifs is 1. The van der Waals surface area contributed by atoms with Crippen molar-refractivity contribution in [2.75, 3.05) is 5.32 Å². The quantitative estimate of drug-likeness (QED) is 0.526. The Hall–Kier alpha value is -3.24. The largest absolute Gasteiger partial charge is 0.363 e. The van der Waals surface area contributed by atoms with E-state index in [9.17, 15) is 4.79 Å². The first-order valence-corrected chi connectivity index (χ1v) is 8.70. The summed E-state index contributed by atoms with van der Waals surface area (Å²) in [6, 6.07) is 7.03. The molecule has 0 saturated carbocycles. The molecule has 3 N–H and O–H groups in total. The second-order valence-corrected chi connectivity index (χ2v) is 6.66. The van der Waals surface area contributed by atoms with E-state index in [1.165, 1.54) is 18.1 Å². The van der Waals surface area contributed by atoms with Crippen molar-refractivity contribution in [3.05, 3.63) is 59.9 Å². The smallest absolute Gasteiger partial charge is 0.286 e. The average molecular weight is 398 g/mol. The van der Waals surface area contributed by atoms with Crippen molar-refractivity contribution in [1.82, 2.24) is 29.4 Å². The van der Waals surface area contributed by atoms with Crippen LogP contribution in [0.4, 0.5) is 11.5 Å². The number of nitrogens with two attached hydrogens (primary N) is 1. The van der Waals surface area contributed by atoms with Crippen LogP contribution in [0.1, 0.15) is 10.6 Å². The number of carbonyl (C=O) groups excluding carboxylic acids is 1. The predicted molar refractivity (Wildman–Crippen MR) is 101 cm³/mol. The van der Waals surface area contributed by atoms with Gasteiger partial charge in [-0.1, -0.05) is 16.8 Å². The van der Waals surface area contributed by atoms with Gasteiger partial charge in [0.2, 0.25) is 5.82 Å². The molecule has 0 aliphatic carbocycles. The maximum absolute atomic E-state index is 11.5. The number of rotatable bonds is 5. The van der Waals surface area contributed by atoms with E-state index in [4.69, 9.17) is 17.3 Å². The second kappa shape index (κ2) is 7.17. The normalized spacial score (nSPS) is 10.9. The van der Waals surface area contributed by atoms with Crippen molar-refractivity contribution in [3.8, 4) is 0 Å². The van der Waals surface area contributed by atoms with Gasteiger partial charge in [0.25, 0.3) is 5.91 Å². The van der Waals surface area contributed by atoms with Crippen LogP contribution in [0.25, 0.3) is 10.9 Å². The minimum atomic E-state index is -0.731. The molecule has 11 heteroatoms. The topological polar surface area (TPSA) is 124 Å². The standard InChI is InChI=1S/C16H10ClN8OS/c17-11-7-9(1-2-13(11)27-25-6-5-20-24-25)21-15-10-3-4-19-8-12(10)22-16(23-15)14(18)26/h1-3,5-8H,(H2,18,26)(H,21,22,23). The molecule has 4 rings (SSSR count). The monoisotopic (exact) mass is 397 g/mol. The molecular formula is C16H10ClN8OS. The van der Waals surface area contributed by atoms with Crippen molar-refractivity contribution in [2.24, 2.45) is 5.73 Å². The molecule has 1 radical (unpaired) electrons. The van der Waals surface area contributed by atoms with Crippen LogP contribution in [0.3, 0.4) is 0 Å². The van der Waals surface area contributed by atoms with Crippen molar-refractivity contribution >= 4 is 51.9 Å². The van der Waals surface area contributed by atoms with Crippen LogP contribution in [-0.4, -0.2) is 35.3 Å². The number of amides is 1. The van der Waals surface area contributed by atoms with Crippen molar-refractivity contribution < 1.29 is 4.79 Å². The van der Waals surface area contributed by atoms with Crippen LogP contribution in [-0.2, 0) is 0 Å². The Balaban J connectivity index is 1.67. The van der Waals surface area contributed by atoms with Gasteiger partial charge in [0.05, 0.1) is 35.3 Å². The number of hydrogen-bond donors (Lipinski definition) is 2. The Morgan fingerprint density at radius 3 is 2.96 bits per heavy atom. The van der Waals surface area contributed by atoms with Gasteiger partial charge >= 0.3 is 0 Å². The highest BCUT2D eigenvalue weighted by Gasteiger charge is 2.13. The maximum atomic E-state index is 11.5. The van der Waals surface area contributed by atoms with E-state index in [1.54, 1.807) is 28.6 Å². The molecule has 0 fully saturated rings. The summed E-state index contributed by atoms with van der Waals surface area (Å²) in [5.41, 5.74) is 6.47. The van der Waals surface area contributed by atoms with Crippen LogP contribution in [0.15, 0.2) is 47.8 Å². The molecular weight excluding hydrogens is 388 g/mol. The fraction of sp³-hybridized carbons (Fsp3) is 0. The first-order chi connectivity index (χ1) is 13.1. The molecule has 0 saturated heterocycles. The summed E-state index contributed by atoms with van der Waals surface area (Å²) >= 11 is 7.70. The number of primary amides is 1. The predicted octanol–water partition coefficient (Wildman–Crippen LogP) is 2.47. The molecule has 1 amide bonds. The Morgan fingerprint density at radius 2 is 2.22 bits per heavy atom. The molecule has 0 aliphatic rings. The van der Waals surface area contributed by atoms with Crippen LogP contribution >= 0.6 is 23.5 Å². The number of nitrogens with one attached hydrogen (secondary N) is 1. The number of nitrogens with zero attached hydrogens (tertiary/aromatic N) is 6. The summed E-state index contributed by atoms with van der Waals surface area (Å²) in [6.45, 7) is 0. The van der Waals surface area contributed by atoms with Gasteiger partial charge in [-0.2, -0.15) is 4.09 Å². The lowest BCUT2D eigenvalue weighted by atomic mass is 10.2. The minimum absolute atomic E-state index is 0.109. The zero-order chi connectivity index (χ0) is 18.8. The van der Waals surface area contributed by atoms with E-state index in [2.05, 4.69) is 36.8 Å². The Bertz CT molecular complexity index is 1130. The van der Waals surface area contributed by atoms with Crippen molar-refractivity contribution in [3.63, 3.8) is 0 Å². The van der Waals surface area contributed by atoms with Gasteiger partial charge in [0.15, 0.2) is 0 Å². The van der Waals surface area contributed by atoms with Gasteiger partial charge in [0.1, 0.15) is 5.82 Å². The molecule has 3 aromatic heterocycles. The SMILES string of the molecule is NC(=O)c1nc(Nc2ccc(Sn3ccnn3)c(Cl)c2)c2c[c]ncc2n1. The van der Waals surface area contributed by atoms with Gasteiger partial charge in [-0.15, -0.1) is 5.10 Å². The van der Waals surface area contributed by atoms with E-state index < -0.39 is 5.91 Å². The highest BCUT2D eigenvalue weighted by Crippen LogP contribution is 2.31. The van der Waals surface area contributed by atoms with Gasteiger partial charge in [-0.05, 0) is 24.3 Å². The maximum Gasteiger partial charge on any atom is 0.286 e. The third-order valence-electron chi connectivity index (χ3n) is 3.45.